The Morgan fingerprint density at radius 3 is 2.68 bits per heavy atom. The van der Waals surface area contributed by atoms with Crippen molar-refractivity contribution in [2.45, 2.75) is 44.4 Å². The monoisotopic (exact) mass is 633 g/mol. The number of ketones is 1. The van der Waals surface area contributed by atoms with Gasteiger partial charge in [0, 0.05) is 40.0 Å². The number of nitriles is 1. The van der Waals surface area contributed by atoms with E-state index < -0.39 is 11.9 Å². The Balaban J connectivity index is 1.32. The van der Waals surface area contributed by atoms with Gasteiger partial charge in [0.2, 0.25) is 0 Å². The molecule has 44 heavy (non-hydrogen) atoms. The Kier molecular flexibility index (Phi) is 9.84. The molecule has 5 N–H and O–H groups in total. The highest BCUT2D eigenvalue weighted by Gasteiger charge is 2.27. The lowest BCUT2D eigenvalue weighted by Gasteiger charge is -2.19. The Morgan fingerprint density at radius 1 is 1.18 bits per heavy atom. The van der Waals surface area contributed by atoms with E-state index in [9.17, 15) is 20.0 Å². The van der Waals surface area contributed by atoms with Gasteiger partial charge in [-0.25, -0.2) is 0 Å². The number of Topliss-reactive ketones (excluding diaryl/α,β-unsaturated/α-hetero) is 1. The third-order valence-corrected chi connectivity index (χ3v) is 8.38. The van der Waals surface area contributed by atoms with Crippen molar-refractivity contribution < 1.29 is 14.7 Å². The summed E-state index contributed by atoms with van der Waals surface area (Å²) in [6.07, 6.45) is 3.49. The fraction of sp³-hybridized carbons (Fsp3) is 0.312. The maximum atomic E-state index is 13.0. The number of likely N-dealkylation sites (N-methyl/N-ethyl adjacent to an activating group) is 1. The fourth-order valence-corrected chi connectivity index (χ4v) is 5.94. The van der Waals surface area contributed by atoms with Crippen molar-refractivity contribution in [2.75, 3.05) is 20.2 Å². The van der Waals surface area contributed by atoms with Crippen LogP contribution in [0.4, 0.5) is 0 Å². The number of aromatic nitrogens is 3. The normalized spacial score (nSPS) is 17.0. The van der Waals surface area contributed by atoms with Crippen LogP contribution >= 0.6 is 23.2 Å². The van der Waals surface area contributed by atoms with Crippen LogP contribution in [-0.2, 0) is 11.3 Å². The number of amides is 1. The van der Waals surface area contributed by atoms with Crippen LogP contribution in [0.3, 0.4) is 0 Å². The van der Waals surface area contributed by atoms with Crippen LogP contribution in [0.2, 0.25) is 10.0 Å². The molecule has 12 heteroatoms. The molecule has 5 rings (SSSR count). The number of nitrogens with one attached hydrogen (secondary N) is 4. The van der Waals surface area contributed by atoms with Crippen LogP contribution < -0.4 is 10.6 Å². The number of aliphatic hydroxyl groups excluding tert-OH is 1. The molecule has 0 aliphatic carbocycles. The highest BCUT2D eigenvalue weighted by Crippen LogP contribution is 2.35. The molecule has 2 aromatic carbocycles. The van der Waals surface area contributed by atoms with Gasteiger partial charge in [-0.1, -0.05) is 47.5 Å². The first kappa shape index (κ1) is 31.4. The number of hydrogen-bond acceptors (Lipinski definition) is 7. The molecule has 0 saturated carbocycles. The molecule has 10 nitrogen and oxygen atoms in total. The van der Waals surface area contributed by atoms with Gasteiger partial charge in [-0.15, -0.1) is 0 Å². The van der Waals surface area contributed by atoms with Gasteiger partial charge in [-0.2, -0.15) is 10.4 Å². The second-order valence-corrected chi connectivity index (χ2v) is 12.0. The first-order chi connectivity index (χ1) is 21.2. The van der Waals surface area contributed by atoms with Crippen LogP contribution in [-0.4, -0.2) is 69.2 Å². The largest absolute Gasteiger partial charge is 0.394 e. The van der Waals surface area contributed by atoms with E-state index in [2.05, 4.69) is 38.8 Å². The van der Waals surface area contributed by atoms with Crippen molar-refractivity contribution >= 4 is 34.9 Å². The lowest BCUT2D eigenvalue weighted by atomic mass is 9.99. The number of aliphatic hydroxyl groups is 1. The minimum atomic E-state index is -0.653. The molecular formula is C32H33Cl2N7O3. The highest BCUT2D eigenvalue weighted by molar-refractivity contribution is 6.31. The second kappa shape index (κ2) is 13.8. The highest BCUT2D eigenvalue weighted by atomic mass is 35.5. The zero-order chi connectivity index (χ0) is 31.4. The van der Waals surface area contributed by atoms with Crippen molar-refractivity contribution in [1.29, 1.82) is 5.26 Å². The van der Waals surface area contributed by atoms with Crippen molar-refractivity contribution in [2.24, 2.45) is 0 Å². The number of H-pyrrole nitrogens is 2. The Morgan fingerprint density at radius 2 is 2.00 bits per heavy atom. The Labute approximate surface area is 265 Å². The van der Waals surface area contributed by atoms with Crippen LogP contribution in [0.15, 0.2) is 54.7 Å². The number of aromatic amines is 2. The molecule has 1 saturated heterocycles. The van der Waals surface area contributed by atoms with Gasteiger partial charge >= 0.3 is 0 Å². The van der Waals surface area contributed by atoms with Crippen LogP contribution in [0, 0.1) is 11.3 Å². The van der Waals surface area contributed by atoms with Gasteiger partial charge in [-0.3, -0.25) is 19.6 Å². The summed E-state index contributed by atoms with van der Waals surface area (Å²) >= 11 is 12.8. The van der Waals surface area contributed by atoms with E-state index >= 15 is 0 Å². The number of nitrogens with zero attached hydrogens (tertiary/aromatic N) is 3. The van der Waals surface area contributed by atoms with Gasteiger partial charge in [0.1, 0.15) is 23.2 Å². The van der Waals surface area contributed by atoms with Crippen LogP contribution in [0.5, 0.6) is 0 Å². The van der Waals surface area contributed by atoms with E-state index in [-0.39, 0.29) is 29.8 Å². The SMILES string of the molecule is CC1CCC(C(=O)CN(C)Cc2ccc(-c3c(-c4c[nH]c(C(=O)N[C@H](CO)c5cccc(Cl)c5)c4)n[nH]c3C#N)cc2Cl)N1. The number of carbonyl (C=O) groups is 2. The number of carbonyl (C=O) groups excluding carboxylic acids is 2. The van der Waals surface area contributed by atoms with Gasteiger partial charge in [0.05, 0.1) is 25.2 Å². The number of rotatable bonds is 11. The standard InChI is InChI=1S/C32H33Cl2N7O3/c1-18-6-9-25(37-18)29(43)16-41(2)15-21-8-7-20(11-24(21)34)30-27(13-35)39-40-31(30)22-12-26(36-14-22)32(44)38-28(17-42)19-4-3-5-23(33)10-19/h3-5,7-8,10-12,14,18,25,28,36-37,42H,6,9,15-17H2,1-2H3,(H,38,44)(H,39,40)/t18?,25?,28-/m1/s1. The van der Waals surface area contributed by atoms with Crippen molar-refractivity contribution in [3.05, 3.63) is 87.3 Å². The molecule has 4 aromatic rings. The molecule has 0 spiro atoms. The predicted molar refractivity (Wildman–Crippen MR) is 169 cm³/mol. The zero-order valence-corrected chi connectivity index (χ0v) is 25.8. The lowest BCUT2D eigenvalue weighted by molar-refractivity contribution is -0.121. The lowest BCUT2D eigenvalue weighted by Crippen LogP contribution is -2.40. The number of halogens is 2. The first-order valence-electron chi connectivity index (χ1n) is 14.3. The summed E-state index contributed by atoms with van der Waals surface area (Å²) in [5.41, 5.74) is 4.29. The topological polar surface area (TPSA) is 150 Å². The summed E-state index contributed by atoms with van der Waals surface area (Å²) in [5.74, 6) is -0.261. The van der Waals surface area contributed by atoms with Crippen molar-refractivity contribution in [1.82, 2.24) is 30.7 Å². The fourth-order valence-electron chi connectivity index (χ4n) is 5.50. The summed E-state index contributed by atoms with van der Waals surface area (Å²) in [7, 11) is 1.89. The summed E-state index contributed by atoms with van der Waals surface area (Å²) in [6.45, 7) is 2.57. The van der Waals surface area contributed by atoms with Crippen LogP contribution in [0.25, 0.3) is 22.4 Å². The smallest absolute Gasteiger partial charge is 0.268 e. The van der Waals surface area contributed by atoms with E-state index in [4.69, 9.17) is 23.2 Å². The van der Waals surface area contributed by atoms with E-state index in [1.165, 1.54) is 0 Å². The first-order valence-corrected chi connectivity index (χ1v) is 15.0. The molecule has 2 aromatic heterocycles. The molecule has 3 atom stereocenters. The average Bonchev–Trinajstić information content (AvgIpc) is 3.76. The molecule has 0 radical (unpaired) electrons. The quantitative estimate of drug-likeness (QED) is 0.158. The van der Waals surface area contributed by atoms with Crippen LogP contribution in [0.1, 0.15) is 53.1 Å². The second-order valence-electron chi connectivity index (χ2n) is 11.1. The maximum Gasteiger partial charge on any atom is 0.268 e. The molecule has 0 bridgehead atoms. The molecule has 1 amide bonds. The van der Waals surface area contributed by atoms with Gasteiger partial charge in [-0.05, 0) is 67.8 Å². The van der Waals surface area contributed by atoms with Crippen molar-refractivity contribution in [3.8, 4) is 28.5 Å². The molecular weight excluding hydrogens is 601 g/mol. The molecule has 1 aliphatic rings. The Hall–Kier alpha value is -3.98. The molecule has 1 aliphatic heterocycles. The third-order valence-electron chi connectivity index (χ3n) is 7.79. The molecule has 1 fully saturated rings. The molecule has 228 valence electrons. The maximum absolute atomic E-state index is 13.0. The van der Waals surface area contributed by atoms with E-state index in [0.717, 1.165) is 18.4 Å². The zero-order valence-electron chi connectivity index (χ0n) is 24.3. The minimum Gasteiger partial charge on any atom is -0.394 e. The molecule has 3 heterocycles. The van der Waals surface area contributed by atoms with Gasteiger partial charge < -0.3 is 20.7 Å². The van der Waals surface area contributed by atoms with Crippen molar-refractivity contribution in [3.63, 3.8) is 0 Å². The van der Waals surface area contributed by atoms with E-state index in [0.29, 0.717) is 57.1 Å². The van der Waals surface area contributed by atoms with Gasteiger partial charge in [0.25, 0.3) is 5.91 Å². The summed E-state index contributed by atoms with van der Waals surface area (Å²) in [6, 6.07) is 15.8. The van der Waals surface area contributed by atoms with Gasteiger partial charge in [0.15, 0.2) is 5.78 Å². The Bertz CT molecular complexity index is 1710. The minimum absolute atomic E-state index is 0.103. The van der Waals surface area contributed by atoms with E-state index in [1.807, 2.05) is 24.1 Å². The number of hydrogen-bond donors (Lipinski definition) is 5. The summed E-state index contributed by atoms with van der Waals surface area (Å²) in [5, 5.41) is 34.0. The summed E-state index contributed by atoms with van der Waals surface area (Å²) in [4.78, 5) is 30.6. The third kappa shape index (κ3) is 7.04. The predicted octanol–water partition coefficient (Wildman–Crippen LogP) is 4.86. The molecule has 2 unspecified atom stereocenters. The average molecular weight is 635 g/mol. The number of benzene rings is 2. The van der Waals surface area contributed by atoms with E-state index in [1.54, 1.807) is 42.6 Å². The summed E-state index contributed by atoms with van der Waals surface area (Å²) < 4.78 is 0.